The lowest BCUT2D eigenvalue weighted by Crippen LogP contribution is -2.29. The second-order valence-corrected chi connectivity index (χ2v) is 5.37. The van der Waals surface area contributed by atoms with Crippen LogP contribution in [0.15, 0.2) is 6.20 Å². The predicted molar refractivity (Wildman–Crippen MR) is 62.7 cm³/mol. The van der Waals surface area contributed by atoms with Crippen LogP contribution in [0.4, 0.5) is 0 Å². The van der Waals surface area contributed by atoms with Crippen molar-refractivity contribution in [1.29, 1.82) is 0 Å². The van der Waals surface area contributed by atoms with Crippen LogP contribution >= 0.6 is 11.3 Å². The zero-order valence-electron chi connectivity index (χ0n) is 9.35. The number of likely N-dealkylation sites (tertiary alicyclic amines) is 1. The summed E-state index contributed by atoms with van der Waals surface area (Å²) in [5.41, 5.74) is 0. The topological polar surface area (TPSA) is 53.4 Å². The zero-order valence-corrected chi connectivity index (χ0v) is 10.2. The van der Waals surface area contributed by atoms with Crippen LogP contribution in [0, 0.1) is 0 Å². The number of aliphatic carboxylic acids is 1. The summed E-state index contributed by atoms with van der Waals surface area (Å²) in [7, 11) is 2.11. The van der Waals surface area contributed by atoms with E-state index in [1.165, 1.54) is 24.2 Å². The third-order valence-electron chi connectivity index (χ3n) is 2.95. The normalized spacial score (nSPS) is 22.2. The number of carboxylic acids is 1. The Morgan fingerprint density at radius 1 is 1.69 bits per heavy atom. The van der Waals surface area contributed by atoms with Crippen LogP contribution in [0.1, 0.15) is 35.2 Å². The van der Waals surface area contributed by atoms with Crippen molar-refractivity contribution in [3.63, 3.8) is 0 Å². The van der Waals surface area contributed by atoms with Crippen LogP contribution < -0.4 is 0 Å². The summed E-state index contributed by atoms with van der Waals surface area (Å²) in [6.07, 6.45) is 5.42. The number of hydrogen-bond acceptors (Lipinski definition) is 4. The van der Waals surface area contributed by atoms with Crippen LogP contribution in [0.2, 0.25) is 0 Å². The van der Waals surface area contributed by atoms with Crippen molar-refractivity contribution in [3.8, 4) is 0 Å². The molecule has 1 fully saturated rings. The number of carboxylic acid groups (broad SMARTS) is 1. The van der Waals surface area contributed by atoms with Gasteiger partial charge in [0.25, 0.3) is 0 Å². The molecule has 88 valence electrons. The Balaban J connectivity index is 2.08. The third kappa shape index (κ3) is 2.59. The van der Waals surface area contributed by atoms with Crippen LogP contribution in [-0.2, 0) is 11.2 Å². The highest BCUT2D eigenvalue weighted by atomic mass is 32.1. The van der Waals surface area contributed by atoms with Gasteiger partial charge in [0.2, 0.25) is 0 Å². The Morgan fingerprint density at radius 3 is 3.19 bits per heavy atom. The maximum Gasteiger partial charge on any atom is 0.308 e. The molecule has 2 heterocycles. The van der Waals surface area contributed by atoms with Crippen LogP contribution in [-0.4, -0.2) is 34.6 Å². The van der Waals surface area contributed by atoms with Gasteiger partial charge in [0, 0.05) is 11.1 Å². The summed E-state index contributed by atoms with van der Waals surface area (Å²) in [5, 5.41) is 9.77. The van der Waals surface area contributed by atoms with Gasteiger partial charge in [-0.3, -0.25) is 9.69 Å². The van der Waals surface area contributed by atoms with Gasteiger partial charge in [-0.2, -0.15) is 0 Å². The predicted octanol–water partition coefficient (Wildman–Crippen LogP) is 1.93. The summed E-state index contributed by atoms with van der Waals surface area (Å²) in [5.74, 6) is -0.785. The van der Waals surface area contributed by atoms with E-state index in [2.05, 4.69) is 16.9 Å². The molecule has 0 aliphatic carbocycles. The largest absolute Gasteiger partial charge is 0.481 e. The molecule has 0 spiro atoms. The first-order chi connectivity index (χ1) is 7.66. The molecule has 0 radical (unpaired) electrons. The van der Waals surface area contributed by atoms with E-state index >= 15 is 0 Å². The number of rotatable bonds is 3. The molecule has 0 amide bonds. The molecule has 1 aromatic heterocycles. The molecular weight excluding hydrogens is 224 g/mol. The van der Waals surface area contributed by atoms with Crippen LogP contribution in [0.25, 0.3) is 0 Å². The van der Waals surface area contributed by atoms with Gasteiger partial charge < -0.3 is 5.11 Å². The second-order valence-electron chi connectivity index (χ2n) is 4.23. The summed E-state index contributed by atoms with van der Waals surface area (Å²) in [6.45, 7) is 1.11. The minimum absolute atomic E-state index is 0.0914. The number of piperidine rings is 1. The summed E-state index contributed by atoms with van der Waals surface area (Å²) in [6, 6.07) is 0.390. The van der Waals surface area contributed by atoms with E-state index < -0.39 is 5.97 Å². The SMILES string of the molecule is CN1CCCCC1c1ncc(CC(=O)O)s1. The summed E-state index contributed by atoms with van der Waals surface area (Å²) >= 11 is 1.54. The molecule has 5 heteroatoms. The standard InChI is InChI=1S/C11H16N2O2S/c1-13-5-3-2-4-9(13)11-12-7-8(16-11)6-10(14)15/h7,9H,2-6H2,1H3,(H,14,15). The van der Waals surface area contributed by atoms with Crippen molar-refractivity contribution in [2.24, 2.45) is 0 Å². The number of hydrogen-bond donors (Lipinski definition) is 1. The van der Waals surface area contributed by atoms with Crippen molar-refractivity contribution in [1.82, 2.24) is 9.88 Å². The molecule has 1 atom stereocenters. The van der Waals surface area contributed by atoms with E-state index in [1.807, 2.05) is 0 Å². The van der Waals surface area contributed by atoms with E-state index in [4.69, 9.17) is 5.11 Å². The number of thiazole rings is 1. The Hall–Kier alpha value is -0.940. The van der Waals surface area contributed by atoms with Crippen LogP contribution in [0.5, 0.6) is 0 Å². The van der Waals surface area contributed by atoms with Crippen LogP contribution in [0.3, 0.4) is 0 Å². The maximum atomic E-state index is 10.6. The first-order valence-electron chi connectivity index (χ1n) is 5.53. The molecular formula is C11H16N2O2S. The molecule has 16 heavy (non-hydrogen) atoms. The molecule has 0 aromatic carbocycles. The van der Waals surface area contributed by atoms with Gasteiger partial charge in [0.05, 0.1) is 12.5 Å². The molecule has 1 saturated heterocycles. The fourth-order valence-corrected chi connectivity index (χ4v) is 3.20. The van der Waals surface area contributed by atoms with Crippen molar-refractivity contribution >= 4 is 17.3 Å². The Labute approximate surface area is 98.9 Å². The van der Waals surface area contributed by atoms with Gasteiger partial charge in [-0.1, -0.05) is 6.42 Å². The quantitative estimate of drug-likeness (QED) is 0.877. The molecule has 2 rings (SSSR count). The maximum absolute atomic E-state index is 10.6. The molecule has 1 aromatic rings. The molecule has 0 saturated carbocycles. The van der Waals surface area contributed by atoms with E-state index in [-0.39, 0.29) is 6.42 Å². The van der Waals surface area contributed by atoms with Gasteiger partial charge >= 0.3 is 5.97 Å². The first-order valence-corrected chi connectivity index (χ1v) is 6.35. The summed E-state index contributed by atoms with van der Waals surface area (Å²) in [4.78, 5) is 18.1. The van der Waals surface area contributed by atoms with Crippen molar-refractivity contribution in [2.75, 3.05) is 13.6 Å². The van der Waals surface area contributed by atoms with Crippen molar-refractivity contribution in [3.05, 3.63) is 16.1 Å². The number of carbonyl (C=O) groups is 1. The lowest BCUT2D eigenvalue weighted by atomic mass is 10.0. The lowest BCUT2D eigenvalue weighted by Gasteiger charge is -2.30. The minimum atomic E-state index is -0.785. The highest BCUT2D eigenvalue weighted by Crippen LogP contribution is 2.32. The average Bonchev–Trinajstić information content (AvgIpc) is 2.66. The second kappa shape index (κ2) is 4.93. The smallest absolute Gasteiger partial charge is 0.308 e. The van der Waals surface area contributed by atoms with Gasteiger partial charge in [-0.15, -0.1) is 11.3 Å². The first kappa shape index (κ1) is 11.5. The van der Waals surface area contributed by atoms with Gasteiger partial charge in [0.1, 0.15) is 5.01 Å². The molecule has 1 aliphatic heterocycles. The molecule has 1 aliphatic rings. The molecule has 0 bridgehead atoms. The average molecular weight is 240 g/mol. The van der Waals surface area contributed by atoms with Crippen molar-refractivity contribution < 1.29 is 9.90 Å². The molecule has 1 unspecified atom stereocenters. The number of aromatic nitrogens is 1. The van der Waals surface area contributed by atoms with Gasteiger partial charge in [0.15, 0.2) is 0 Å². The monoisotopic (exact) mass is 240 g/mol. The lowest BCUT2D eigenvalue weighted by molar-refractivity contribution is -0.136. The fourth-order valence-electron chi connectivity index (χ4n) is 2.09. The Kier molecular flexibility index (Phi) is 3.56. The fraction of sp³-hybridized carbons (Fsp3) is 0.636. The Morgan fingerprint density at radius 2 is 2.50 bits per heavy atom. The van der Waals surface area contributed by atoms with Gasteiger partial charge in [-0.25, -0.2) is 4.98 Å². The van der Waals surface area contributed by atoms with E-state index in [9.17, 15) is 4.79 Å². The number of nitrogens with zero attached hydrogens (tertiary/aromatic N) is 2. The van der Waals surface area contributed by atoms with E-state index in [0.29, 0.717) is 6.04 Å². The van der Waals surface area contributed by atoms with Crippen molar-refractivity contribution in [2.45, 2.75) is 31.7 Å². The van der Waals surface area contributed by atoms with Gasteiger partial charge in [-0.05, 0) is 26.4 Å². The highest BCUT2D eigenvalue weighted by Gasteiger charge is 2.23. The third-order valence-corrected chi connectivity index (χ3v) is 4.05. The minimum Gasteiger partial charge on any atom is -0.481 e. The highest BCUT2D eigenvalue weighted by molar-refractivity contribution is 7.11. The Bertz CT molecular complexity index is 378. The summed E-state index contributed by atoms with van der Waals surface area (Å²) < 4.78 is 0. The zero-order chi connectivity index (χ0) is 11.5. The van der Waals surface area contributed by atoms with E-state index in [0.717, 1.165) is 22.9 Å². The van der Waals surface area contributed by atoms with E-state index in [1.54, 1.807) is 6.20 Å². The molecule has 4 nitrogen and oxygen atoms in total. The molecule has 1 N–H and O–H groups in total.